The lowest BCUT2D eigenvalue weighted by Crippen LogP contribution is -2.19. The summed E-state index contributed by atoms with van der Waals surface area (Å²) in [6, 6.07) is 17.3. The first-order chi connectivity index (χ1) is 10.6. The summed E-state index contributed by atoms with van der Waals surface area (Å²) in [7, 11) is 0. The van der Waals surface area contributed by atoms with Crippen LogP contribution in [0.1, 0.15) is 30.6 Å². The quantitative estimate of drug-likeness (QED) is 0.678. The molecule has 4 heteroatoms. The molecule has 2 rings (SSSR count). The van der Waals surface area contributed by atoms with Crippen LogP contribution in [0.25, 0.3) is 11.1 Å². The molecule has 0 unspecified atom stereocenters. The predicted octanol–water partition coefficient (Wildman–Crippen LogP) is 3.44. The van der Waals surface area contributed by atoms with E-state index in [0.29, 0.717) is 11.3 Å². The van der Waals surface area contributed by atoms with Crippen LogP contribution in [0, 0.1) is 0 Å². The Kier molecular flexibility index (Phi) is 5.20. The summed E-state index contributed by atoms with van der Waals surface area (Å²) < 4.78 is 0. The average Bonchev–Trinajstić information content (AvgIpc) is 2.53. The van der Waals surface area contributed by atoms with Gasteiger partial charge in [0.2, 0.25) is 0 Å². The molecular weight excluding hydrogens is 276 g/mol. The van der Waals surface area contributed by atoms with Gasteiger partial charge in [-0.3, -0.25) is 9.59 Å². The minimum Gasteiger partial charge on any atom is -0.300 e. The highest BCUT2D eigenvalue weighted by atomic mass is 16.2. The van der Waals surface area contributed by atoms with Crippen LogP contribution in [0.15, 0.2) is 59.7 Å². The summed E-state index contributed by atoms with van der Waals surface area (Å²) in [5.74, 6) is -0.273. The molecular formula is C18H18N2O2. The Morgan fingerprint density at radius 2 is 1.50 bits per heavy atom. The lowest BCUT2D eigenvalue weighted by atomic mass is 10.0. The number of carbonyl (C=O) groups is 2. The van der Waals surface area contributed by atoms with Gasteiger partial charge >= 0.3 is 0 Å². The van der Waals surface area contributed by atoms with Crippen molar-refractivity contribution >= 4 is 17.4 Å². The largest absolute Gasteiger partial charge is 0.300 e. The monoisotopic (exact) mass is 294 g/mol. The summed E-state index contributed by atoms with van der Waals surface area (Å²) in [6.07, 6.45) is 0.243. The van der Waals surface area contributed by atoms with Gasteiger partial charge in [-0.15, -0.1) is 0 Å². The van der Waals surface area contributed by atoms with E-state index in [1.807, 2.05) is 42.5 Å². The van der Waals surface area contributed by atoms with E-state index in [2.05, 4.69) is 10.5 Å². The van der Waals surface area contributed by atoms with E-state index in [0.717, 1.165) is 11.1 Å². The maximum atomic E-state index is 12.0. The van der Waals surface area contributed by atoms with Gasteiger partial charge in [0.15, 0.2) is 0 Å². The number of nitrogens with zero attached hydrogens (tertiary/aromatic N) is 1. The van der Waals surface area contributed by atoms with Gasteiger partial charge in [0.25, 0.3) is 5.91 Å². The number of carbonyl (C=O) groups excluding carboxylic acids is 2. The smallest absolute Gasteiger partial charge is 0.271 e. The number of hydrogen-bond acceptors (Lipinski definition) is 3. The second kappa shape index (κ2) is 7.31. The van der Waals surface area contributed by atoms with Crippen LogP contribution in [-0.4, -0.2) is 17.4 Å². The van der Waals surface area contributed by atoms with Crippen LogP contribution in [-0.2, 0) is 4.79 Å². The Morgan fingerprint density at radius 3 is 2.09 bits per heavy atom. The molecule has 1 amide bonds. The SMILES string of the molecule is CC(=O)C/C(C)=N/NC(=O)c1ccc(-c2ccccc2)cc1. The molecule has 0 aliphatic carbocycles. The molecule has 0 radical (unpaired) electrons. The van der Waals surface area contributed by atoms with Crippen molar-refractivity contribution in [3.8, 4) is 11.1 Å². The Hall–Kier alpha value is -2.75. The zero-order valence-corrected chi connectivity index (χ0v) is 12.7. The molecule has 22 heavy (non-hydrogen) atoms. The highest BCUT2D eigenvalue weighted by Gasteiger charge is 2.05. The van der Waals surface area contributed by atoms with Gasteiger partial charge in [0.05, 0.1) is 0 Å². The van der Waals surface area contributed by atoms with E-state index in [4.69, 9.17) is 0 Å². The Morgan fingerprint density at radius 1 is 0.909 bits per heavy atom. The molecule has 112 valence electrons. The molecule has 2 aromatic carbocycles. The number of hydrazone groups is 1. The van der Waals surface area contributed by atoms with E-state index in [-0.39, 0.29) is 18.1 Å². The molecule has 0 saturated carbocycles. The fourth-order valence-electron chi connectivity index (χ4n) is 2.06. The van der Waals surface area contributed by atoms with Crippen molar-refractivity contribution in [1.82, 2.24) is 5.43 Å². The first-order valence-corrected chi connectivity index (χ1v) is 7.04. The number of ketones is 1. The summed E-state index contributed by atoms with van der Waals surface area (Å²) >= 11 is 0. The van der Waals surface area contributed by atoms with Gasteiger partial charge in [-0.25, -0.2) is 5.43 Å². The first kappa shape index (κ1) is 15.6. The molecule has 0 spiro atoms. The molecule has 0 saturated heterocycles. The number of amides is 1. The predicted molar refractivity (Wildman–Crippen MR) is 87.8 cm³/mol. The zero-order valence-electron chi connectivity index (χ0n) is 12.7. The zero-order chi connectivity index (χ0) is 15.9. The molecule has 1 N–H and O–H groups in total. The van der Waals surface area contributed by atoms with Crippen LogP contribution in [0.2, 0.25) is 0 Å². The number of benzene rings is 2. The lowest BCUT2D eigenvalue weighted by molar-refractivity contribution is -0.115. The van der Waals surface area contributed by atoms with Crippen molar-refractivity contribution < 1.29 is 9.59 Å². The third-order valence-corrected chi connectivity index (χ3v) is 3.11. The van der Waals surface area contributed by atoms with Crippen molar-refractivity contribution in [2.45, 2.75) is 20.3 Å². The minimum absolute atomic E-state index is 0.0164. The van der Waals surface area contributed by atoms with E-state index in [1.54, 1.807) is 19.1 Å². The van der Waals surface area contributed by atoms with Gasteiger partial charge in [0, 0.05) is 17.7 Å². The third-order valence-electron chi connectivity index (χ3n) is 3.11. The van der Waals surface area contributed by atoms with Gasteiger partial charge in [-0.2, -0.15) is 5.10 Å². The third kappa shape index (κ3) is 4.38. The molecule has 0 heterocycles. The fourth-order valence-corrected chi connectivity index (χ4v) is 2.06. The molecule has 2 aromatic rings. The average molecular weight is 294 g/mol. The molecule has 0 atom stereocenters. The van der Waals surface area contributed by atoms with Gasteiger partial charge in [-0.05, 0) is 37.1 Å². The van der Waals surface area contributed by atoms with Gasteiger partial charge in [-0.1, -0.05) is 42.5 Å². The maximum Gasteiger partial charge on any atom is 0.271 e. The topological polar surface area (TPSA) is 58.5 Å². The molecule has 0 aromatic heterocycles. The Labute approximate surface area is 129 Å². The van der Waals surface area contributed by atoms with E-state index >= 15 is 0 Å². The maximum absolute atomic E-state index is 12.0. The van der Waals surface area contributed by atoms with Crippen molar-refractivity contribution in [3.63, 3.8) is 0 Å². The van der Waals surface area contributed by atoms with Gasteiger partial charge < -0.3 is 0 Å². The Bertz CT molecular complexity index is 689. The molecule has 4 nitrogen and oxygen atoms in total. The molecule has 0 fully saturated rings. The van der Waals surface area contributed by atoms with E-state index in [9.17, 15) is 9.59 Å². The summed E-state index contributed by atoms with van der Waals surface area (Å²) in [5.41, 5.74) is 5.72. The second-order valence-corrected chi connectivity index (χ2v) is 5.11. The van der Waals surface area contributed by atoms with Crippen molar-refractivity contribution in [1.29, 1.82) is 0 Å². The summed E-state index contributed by atoms with van der Waals surface area (Å²) in [4.78, 5) is 22.9. The van der Waals surface area contributed by atoms with Crippen LogP contribution >= 0.6 is 0 Å². The van der Waals surface area contributed by atoms with Crippen LogP contribution in [0.4, 0.5) is 0 Å². The van der Waals surface area contributed by atoms with Crippen molar-refractivity contribution in [2.24, 2.45) is 5.10 Å². The first-order valence-electron chi connectivity index (χ1n) is 7.04. The van der Waals surface area contributed by atoms with E-state index in [1.165, 1.54) is 6.92 Å². The highest BCUT2D eigenvalue weighted by Crippen LogP contribution is 2.19. The number of Topliss-reactive ketones (excluding diaryl/α,β-unsaturated/α-hetero) is 1. The molecule has 0 bridgehead atoms. The standard InChI is InChI=1S/C18H18N2O2/c1-13(12-14(2)21)19-20-18(22)17-10-8-16(9-11-17)15-6-4-3-5-7-15/h3-11H,12H2,1-2H3,(H,20,22)/b19-13+. The highest BCUT2D eigenvalue weighted by molar-refractivity contribution is 6.01. The summed E-state index contributed by atoms with van der Waals surface area (Å²) in [6.45, 7) is 3.20. The molecule has 0 aliphatic rings. The minimum atomic E-state index is -0.289. The Balaban J connectivity index is 2.04. The summed E-state index contributed by atoms with van der Waals surface area (Å²) in [5, 5.41) is 3.92. The second-order valence-electron chi connectivity index (χ2n) is 5.11. The fraction of sp³-hybridized carbons (Fsp3) is 0.167. The number of nitrogens with one attached hydrogen (secondary N) is 1. The van der Waals surface area contributed by atoms with Crippen molar-refractivity contribution in [2.75, 3.05) is 0 Å². The van der Waals surface area contributed by atoms with E-state index < -0.39 is 0 Å². The van der Waals surface area contributed by atoms with Crippen LogP contribution in [0.5, 0.6) is 0 Å². The number of rotatable bonds is 5. The van der Waals surface area contributed by atoms with Crippen LogP contribution < -0.4 is 5.43 Å². The number of hydrogen-bond donors (Lipinski definition) is 1. The van der Waals surface area contributed by atoms with Crippen LogP contribution in [0.3, 0.4) is 0 Å². The normalized spacial score (nSPS) is 11.1. The van der Waals surface area contributed by atoms with Gasteiger partial charge in [0.1, 0.15) is 5.78 Å². The lowest BCUT2D eigenvalue weighted by Gasteiger charge is -2.04. The van der Waals surface area contributed by atoms with Crippen molar-refractivity contribution in [3.05, 3.63) is 60.2 Å². The molecule has 0 aliphatic heterocycles.